The largest absolute Gasteiger partial charge is 0.481 e. The van der Waals surface area contributed by atoms with Crippen LogP contribution in [0, 0.1) is 5.92 Å². The molecule has 0 aromatic rings. The second-order valence-corrected chi connectivity index (χ2v) is 5.51. The standard InChI is InChI=1S/C13H23N3O3/c1-2-9(12(17)18)7-14-13(19)15-10-5-6-16(8-10)11-3-4-11/h9-11H,2-8H2,1H3,(H,17,18)(H2,14,15,19). The van der Waals surface area contributed by atoms with Gasteiger partial charge >= 0.3 is 12.0 Å². The van der Waals surface area contributed by atoms with Crippen LogP contribution >= 0.6 is 0 Å². The van der Waals surface area contributed by atoms with E-state index in [0.717, 1.165) is 25.6 Å². The number of urea groups is 1. The van der Waals surface area contributed by atoms with Crippen LogP contribution in [0.3, 0.4) is 0 Å². The monoisotopic (exact) mass is 269 g/mol. The zero-order chi connectivity index (χ0) is 13.8. The third-order valence-electron chi connectivity index (χ3n) is 3.97. The fraction of sp³-hybridized carbons (Fsp3) is 0.846. The molecule has 0 bridgehead atoms. The molecule has 0 aromatic heterocycles. The first-order valence-electron chi connectivity index (χ1n) is 7.11. The smallest absolute Gasteiger partial charge is 0.315 e. The van der Waals surface area contributed by atoms with Crippen LogP contribution in [0.5, 0.6) is 0 Å². The lowest BCUT2D eigenvalue weighted by molar-refractivity contribution is -0.141. The molecule has 1 aliphatic carbocycles. The maximum atomic E-state index is 11.7. The number of carbonyl (C=O) groups is 2. The Bertz CT molecular complexity index is 344. The summed E-state index contributed by atoms with van der Waals surface area (Å²) in [6.45, 7) is 3.98. The lowest BCUT2D eigenvalue weighted by Crippen LogP contribution is -2.45. The van der Waals surface area contributed by atoms with Crippen molar-refractivity contribution < 1.29 is 14.7 Å². The van der Waals surface area contributed by atoms with Crippen LogP contribution in [0.4, 0.5) is 4.79 Å². The highest BCUT2D eigenvalue weighted by atomic mass is 16.4. The van der Waals surface area contributed by atoms with E-state index in [1.54, 1.807) is 0 Å². The summed E-state index contributed by atoms with van der Waals surface area (Å²) in [5, 5.41) is 14.5. The highest BCUT2D eigenvalue weighted by Crippen LogP contribution is 2.29. The van der Waals surface area contributed by atoms with E-state index >= 15 is 0 Å². The molecule has 19 heavy (non-hydrogen) atoms. The second-order valence-electron chi connectivity index (χ2n) is 5.51. The number of hydrogen-bond acceptors (Lipinski definition) is 3. The SMILES string of the molecule is CCC(CNC(=O)NC1CCN(C2CC2)C1)C(=O)O. The molecule has 1 saturated heterocycles. The number of rotatable bonds is 6. The third-order valence-corrected chi connectivity index (χ3v) is 3.97. The summed E-state index contributed by atoms with van der Waals surface area (Å²) in [7, 11) is 0. The number of carbonyl (C=O) groups excluding carboxylic acids is 1. The average molecular weight is 269 g/mol. The van der Waals surface area contributed by atoms with Crippen LogP contribution in [-0.2, 0) is 4.79 Å². The van der Waals surface area contributed by atoms with Gasteiger partial charge < -0.3 is 15.7 Å². The minimum atomic E-state index is -0.858. The van der Waals surface area contributed by atoms with Crippen LogP contribution in [0.25, 0.3) is 0 Å². The van der Waals surface area contributed by atoms with Crippen LogP contribution in [0.1, 0.15) is 32.6 Å². The van der Waals surface area contributed by atoms with E-state index in [0.29, 0.717) is 6.42 Å². The first-order chi connectivity index (χ1) is 9.10. The van der Waals surface area contributed by atoms with Gasteiger partial charge in [-0.05, 0) is 25.7 Å². The summed E-state index contributed by atoms with van der Waals surface area (Å²) in [6.07, 6.45) is 4.08. The van der Waals surface area contributed by atoms with Crippen LogP contribution in [-0.4, -0.2) is 53.7 Å². The molecule has 2 unspecified atom stereocenters. The predicted octanol–water partition coefficient (Wildman–Crippen LogP) is 0.633. The molecule has 2 fully saturated rings. The number of carboxylic acids is 1. The predicted molar refractivity (Wildman–Crippen MR) is 71.0 cm³/mol. The van der Waals surface area contributed by atoms with Crippen molar-refractivity contribution >= 4 is 12.0 Å². The van der Waals surface area contributed by atoms with Gasteiger partial charge in [-0.2, -0.15) is 0 Å². The van der Waals surface area contributed by atoms with Gasteiger partial charge in [0.1, 0.15) is 0 Å². The Kier molecular flexibility index (Phi) is 4.63. The summed E-state index contributed by atoms with van der Waals surface area (Å²) in [4.78, 5) is 25.0. The number of likely N-dealkylation sites (tertiary alicyclic amines) is 1. The highest BCUT2D eigenvalue weighted by molar-refractivity contribution is 5.76. The molecule has 1 heterocycles. The van der Waals surface area contributed by atoms with E-state index in [1.165, 1.54) is 12.8 Å². The van der Waals surface area contributed by atoms with Crippen LogP contribution in [0.15, 0.2) is 0 Å². The number of carboxylic acid groups (broad SMARTS) is 1. The number of amides is 2. The molecule has 2 rings (SSSR count). The molecule has 0 radical (unpaired) electrons. The van der Waals surface area contributed by atoms with E-state index in [-0.39, 0.29) is 18.6 Å². The molecule has 1 saturated carbocycles. The van der Waals surface area contributed by atoms with Gasteiger partial charge in [0, 0.05) is 31.7 Å². The Morgan fingerprint density at radius 3 is 2.68 bits per heavy atom. The molecule has 6 nitrogen and oxygen atoms in total. The topological polar surface area (TPSA) is 81.7 Å². The molecule has 2 atom stereocenters. The van der Waals surface area contributed by atoms with E-state index < -0.39 is 11.9 Å². The molecule has 2 aliphatic rings. The molecule has 3 N–H and O–H groups in total. The minimum absolute atomic E-state index is 0.191. The Balaban J connectivity index is 1.65. The van der Waals surface area contributed by atoms with Gasteiger partial charge in [0.15, 0.2) is 0 Å². The van der Waals surface area contributed by atoms with Gasteiger partial charge in [0.05, 0.1) is 5.92 Å². The zero-order valence-electron chi connectivity index (χ0n) is 11.4. The van der Waals surface area contributed by atoms with Gasteiger partial charge in [-0.25, -0.2) is 4.79 Å². The van der Waals surface area contributed by atoms with E-state index in [9.17, 15) is 9.59 Å². The van der Waals surface area contributed by atoms with E-state index in [2.05, 4.69) is 15.5 Å². The first kappa shape index (κ1) is 14.1. The molecular formula is C13H23N3O3. The van der Waals surface area contributed by atoms with Crippen LogP contribution < -0.4 is 10.6 Å². The van der Waals surface area contributed by atoms with Crippen LogP contribution in [0.2, 0.25) is 0 Å². The molecule has 2 amide bonds. The Labute approximate surface area is 113 Å². The van der Waals surface area contributed by atoms with Crippen molar-refractivity contribution in [2.45, 2.75) is 44.7 Å². The van der Waals surface area contributed by atoms with Gasteiger partial charge in [0.25, 0.3) is 0 Å². The molecule has 0 spiro atoms. The fourth-order valence-corrected chi connectivity index (χ4v) is 2.54. The summed E-state index contributed by atoms with van der Waals surface area (Å²) in [6, 6.07) is 0.694. The first-order valence-corrected chi connectivity index (χ1v) is 7.11. The van der Waals surface area contributed by atoms with Crippen molar-refractivity contribution in [2.24, 2.45) is 5.92 Å². The Morgan fingerprint density at radius 1 is 1.37 bits per heavy atom. The van der Waals surface area contributed by atoms with Crippen molar-refractivity contribution in [3.63, 3.8) is 0 Å². The average Bonchev–Trinajstić information content (AvgIpc) is 3.11. The highest BCUT2D eigenvalue weighted by Gasteiger charge is 2.34. The maximum Gasteiger partial charge on any atom is 0.315 e. The van der Waals surface area contributed by atoms with Crippen molar-refractivity contribution in [1.29, 1.82) is 0 Å². The minimum Gasteiger partial charge on any atom is -0.481 e. The quantitative estimate of drug-likeness (QED) is 0.660. The normalized spacial score (nSPS) is 25.0. The van der Waals surface area contributed by atoms with Gasteiger partial charge in [-0.1, -0.05) is 6.92 Å². The van der Waals surface area contributed by atoms with E-state index in [4.69, 9.17) is 5.11 Å². The summed E-state index contributed by atoms with van der Waals surface area (Å²) in [5.74, 6) is -1.36. The number of hydrogen-bond donors (Lipinski definition) is 3. The summed E-state index contributed by atoms with van der Waals surface area (Å²) >= 11 is 0. The summed E-state index contributed by atoms with van der Waals surface area (Å²) < 4.78 is 0. The van der Waals surface area contributed by atoms with Gasteiger partial charge in [-0.15, -0.1) is 0 Å². The van der Waals surface area contributed by atoms with Gasteiger partial charge in [-0.3, -0.25) is 9.69 Å². The van der Waals surface area contributed by atoms with Crippen molar-refractivity contribution in [3.8, 4) is 0 Å². The lowest BCUT2D eigenvalue weighted by atomic mass is 10.1. The maximum absolute atomic E-state index is 11.7. The van der Waals surface area contributed by atoms with Crippen molar-refractivity contribution in [1.82, 2.24) is 15.5 Å². The molecule has 0 aromatic carbocycles. The zero-order valence-corrected chi connectivity index (χ0v) is 11.4. The number of aliphatic carboxylic acids is 1. The Morgan fingerprint density at radius 2 is 2.11 bits per heavy atom. The molecule has 6 heteroatoms. The summed E-state index contributed by atoms with van der Waals surface area (Å²) in [5.41, 5.74) is 0. The second kappa shape index (κ2) is 6.23. The van der Waals surface area contributed by atoms with Gasteiger partial charge in [0.2, 0.25) is 0 Å². The Hall–Kier alpha value is -1.30. The van der Waals surface area contributed by atoms with Crippen molar-refractivity contribution in [3.05, 3.63) is 0 Å². The van der Waals surface area contributed by atoms with E-state index in [1.807, 2.05) is 6.92 Å². The number of nitrogens with zero attached hydrogens (tertiary/aromatic N) is 1. The molecule has 108 valence electrons. The number of nitrogens with one attached hydrogen (secondary N) is 2. The molecular weight excluding hydrogens is 246 g/mol. The third kappa shape index (κ3) is 4.09. The lowest BCUT2D eigenvalue weighted by Gasteiger charge is -2.17. The van der Waals surface area contributed by atoms with Crippen molar-refractivity contribution in [2.75, 3.05) is 19.6 Å². The fourth-order valence-electron chi connectivity index (χ4n) is 2.54. The molecule has 1 aliphatic heterocycles.